The van der Waals surface area contributed by atoms with E-state index in [0.29, 0.717) is 12.8 Å². The number of carbonyl (C=O) groups excluding carboxylic acids is 4. The first-order valence-corrected chi connectivity index (χ1v) is 12.9. The highest BCUT2D eigenvalue weighted by molar-refractivity contribution is 5.87. The van der Waals surface area contributed by atoms with E-state index in [-0.39, 0.29) is 26.1 Å². The number of hydrogen-bond acceptors (Lipinski definition) is 8. The van der Waals surface area contributed by atoms with Crippen molar-refractivity contribution in [2.75, 3.05) is 26.4 Å². The number of hydrogen-bond donors (Lipinski definition) is 4. The summed E-state index contributed by atoms with van der Waals surface area (Å²) in [7, 11) is 0. The molecule has 0 heterocycles. The van der Waals surface area contributed by atoms with E-state index in [2.05, 4.69) is 24.5 Å². The van der Waals surface area contributed by atoms with Gasteiger partial charge in [0.15, 0.2) is 12.1 Å². The number of nitrogens with one attached hydrogen (secondary N) is 2. The molecule has 0 unspecified atom stereocenters. The SMILES string of the molecule is CCCCCCOC(=O)[C@@H](CO)NC(=O)CC1(CC(=O)N[C@H](CO)C(=O)OCCCCCC)CC1. The fourth-order valence-corrected chi connectivity index (χ4v) is 3.73. The highest BCUT2D eigenvalue weighted by Crippen LogP contribution is 2.51. The van der Waals surface area contributed by atoms with Crippen LogP contribution in [0.15, 0.2) is 0 Å². The van der Waals surface area contributed by atoms with E-state index in [0.717, 1.165) is 51.4 Å². The lowest BCUT2D eigenvalue weighted by Crippen LogP contribution is -2.46. The van der Waals surface area contributed by atoms with Gasteiger partial charge in [-0.25, -0.2) is 9.59 Å². The summed E-state index contributed by atoms with van der Waals surface area (Å²) in [6.07, 6.45) is 8.86. The van der Waals surface area contributed by atoms with Crippen molar-refractivity contribution in [1.82, 2.24) is 10.6 Å². The number of esters is 2. The number of rotatable bonds is 20. The van der Waals surface area contributed by atoms with Crippen molar-refractivity contribution in [2.24, 2.45) is 5.41 Å². The van der Waals surface area contributed by atoms with Crippen LogP contribution >= 0.6 is 0 Å². The van der Waals surface area contributed by atoms with Crippen LogP contribution in [-0.2, 0) is 28.7 Å². The molecule has 0 aromatic rings. The van der Waals surface area contributed by atoms with Gasteiger partial charge < -0.3 is 30.3 Å². The lowest BCUT2D eigenvalue weighted by Gasteiger charge is -2.20. The van der Waals surface area contributed by atoms with Gasteiger partial charge >= 0.3 is 11.9 Å². The summed E-state index contributed by atoms with van der Waals surface area (Å²) in [5.41, 5.74) is -0.567. The van der Waals surface area contributed by atoms with E-state index in [1.54, 1.807) is 0 Å². The molecule has 10 heteroatoms. The van der Waals surface area contributed by atoms with Crippen molar-refractivity contribution in [2.45, 2.75) is 103 Å². The van der Waals surface area contributed by atoms with Gasteiger partial charge in [-0.1, -0.05) is 52.4 Å². The average Bonchev–Trinajstić information content (AvgIpc) is 3.58. The van der Waals surface area contributed by atoms with E-state index in [1.807, 2.05) is 0 Å². The Balaban J connectivity index is 2.42. The smallest absolute Gasteiger partial charge is 0.331 e. The Morgan fingerprint density at radius 3 is 1.43 bits per heavy atom. The minimum Gasteiger partial charge on any atom is -0.464 e. The van der Waals surface area contributed by atoms with Crippen LogP contribution in [0.4, 0.5) is 0 Å². The van der Waals surface area contributed by atoms with Crippen LogP contribution in [0, 0.1) is 5.41 Å². The van der Waals surface area contributed by atoms with Crippen molar-refractivity contribution in [1.29, 1.82) is 0 Å². The maximum absolute atomic E-state index is 12.5. The van der Waals surface area contributed by atoms with Crippen molar-refractivity contribution >= 4 is 23.8 Å². The summed E-state index contributed by atoms with van der Waals surface area (Å²) < 4.78 is 10.3. The number of unbranched alkanes of at least 4 members (excludes halogenated alkanes) is 6. The van der Waals surface area contributed by atoms with Crippen LogP contribution < -0.4 is 10.6 Å². The standard InChI is InChI=1S/C25H44N2O8/c1-3-5-7-9-13-34-23(32)19(17-28)26-21(30)15-25(11-12-25)16-22(31)27-20(18-29)24(33)35-14-10-8-6-4-2/h19-20,28-29H,3-18H2,1-2H3,(H,26,30)(H,27,31)/t19-,20-/m1/s1. The monoisotopic (exact) mass is 500 g/mol. The molecule has 0 aromatic carbocycles. The van der Waals surface area contributed by atoms with Crippen molar-refractivity contribution in [3.05, 3.63) is 0 Å². The molecule has 202 valence electrons. The summed E-state index contributed by atoms with van der Waals surface area (Å²) in [6, 6.07) is -2.30. The molecule has 0 bridgehead atoms. The molecule has 1 rings (SSSR count). The molecule has 0 aliphatic heterocycles. The highest BCUT2D eigenvalue weighted by Gasteiger charge is 2.46. The van der Waals surface area contributed by atoms with Crippen LogP contribution in [0.1, 0.15) is 90.9 Å². The second-order valence-corrected chi connectivity index (χ2v) is 9.42. The number of ether oxygens (including phenoxy) is 2. The molecular weight excluding hydrogens is 456 g/mol. The fourth-order valence-electron chi connectivity index (χ4n) is 3.73. The third kappa shape index (κ3) is 12.9. The normalized spacial score (nSPS) is 15.5. The molecule has 2 atom stereocenters. The van der Waals surface area contributed by atoms with E-state index in [9.17, 15) is 29.4 Å². The van der Waals surface area contributed by atoms with Gasteiger partial charge in [0.2, 0.25) is 11.8 Å². The molecular formula is C25H44N2O8. The maximum Gasteiger partial charge on any atom is 0.331 e. The van der Waals surface area contributed by atoms with Crippen molar-refractivity contribution in [3.8, 4) is 0 Å². The molecule has 1 saturated carbocycles. The molecule has 0 saturated heterocycles. The van der Waals surface area contributed by atoms with E-state index < -0.39 is 54.5 Å². The minimum absolute atomic E-state index is 0.00632. The molecule has 1 aliphatic carbocycles. The van der Waals surface area contributed by atoms with E-state index in [4.69, 9.17) is 9.47 Å². The molecule has 0 radical (unpaired) electrons. The first-order chi connectivity index (χ1) is 16.8. The zero-order valence-electron chi connectivity index (χ0n) is 21.3. The molecule has 1 aliphatic rings. The van der Waals surface area contributed by atoms with Crippen LogP contribution in [0.25, 0.3) is 0 Å². The van der Waals surface area contributed by atoms with Crippen LogP contribution in [0.2, 0.25) is 0 Å². The van der Waals surface area contributed by atoms with Gasteiger partial charge in [-0.05, 0) is 31.1 Å². The number of amides is 2. The Bertz CT molecular complexity index is 614. The van der Waals surface area contributed by atoms with Gasteiger partial charge in [-0.15, -0.1) is 0 Å². The Morgan fingerprint density at radius 2 is 1.11 bits per heavy atom. The molecule has 1 fully saturated rings. The van der Waals surface area contributed by atoms with E-state index >= 15 is 0 Å². The fraction of sp³-hybridized carbons (Fsp3) is 0.840. The largest absolute Gasteiger partial charge is 0.464 e. The third-order valence-electron chi connectivity index (χ3n) is 6.12. The highest BCUT2D eigenvalue weighted by atomic mass is 16.5. The minimum atomic E-state index is -1.15. The van der Waals surface area contributed by atoms with Gasteiger partial charge in [-0.3, -0.25) is 9.59 Å². The van der Waals surface area contributed by atoms with Crippen LogP contribution in [0.3, 0.4) is 0 Å². The summed E-state index contributed by atoms with van der Waals surface area (Å²) in [5.74, 6) is -2.28. The number of aliphatic hydroxyl groups is 2. The average molecular weight is 501 g/mol. The molecule has 10 nitrogen and oxygen atoms in total. The summed E-state index contributed by atoms with van der Waals surface area (Å²) in [5, 5.41) is 23.9. The van der Waals surface area contributed by atoms with Crippen LogP contribution in [-0.4, -0.2) is 72.5 Å². The molecule has 4 N–H and O–H groups in total. The van der Waals surface area contributed by atoms with Gasteiger partial charge in [0.25, 0.3) is 0 Å². The van der Waals surface area contributed by atoms with Crippen LogP contribution in [0.5, 0.6) is 0 Å². The Hall–Kier alpha value is -2.20. The molecule has 35 heavy (non-hydrogen) atoms. The van der Waals surface area contributed by atoms with Gasteiger partial charge in [0.1, 0.15) is 0 Å². The predicted molar refractivity (Wildman–Crippen MR) is 129 cm³/mol. The van der Waals surface area contributed by atoms with Crippen molar-refractivity contribution in [3.63, 3.8) is 0 Å². The zero-order valence-corrected chi connectivity index (χ0v) is 21.3. The van der Waals surface area contributed by atoms with Gasteiger partial charge in [0, 0.05) is 12.8 Å². The summed E-state index contributed by atoms with van der Waals surface area (Å²) >= 11 is 0. The predicted octanol–water partition coefficient (Wildman–Crippen LogP) is 1.75. The Labute approximate surface area is 208 Å². The lowest BCUT2D eigenvalue weighted by molar-refractivity contribution is -0.149. The Morgan fingerprint density at radius 1 is 0.714 bits per heavy atom. The molecule has 0 aromatic heterocycles. The lowest BCUT2D eigenvalue weighted by atomic mass is 9.96. The number of carbonyl (C=O) groups is 4. The summed E-state index contributed by atoms with van der Waals surface area (Å²) in [6.45, 7) is 3.48. The molecule has 0 spiro atoms. The van der Waals surface area contributed by atoms with E-state index in [1.165, 1.54) is 0 Å². The Kier molecular flexibility index (Phi) is 15.2. The third-order valence-corrected chi connectivity index (χ3v) is 6.12. The second-order valence-electron chi connectivity index (χ2n) is 9.42. The maximum atomic E-state index is 12.5. The van der Waals surface area contributed by atoms with Gasteiger partial charge in [0.05, 0.1) is 26.4 Å². The zero-order chi connectivity index (χ0) is 26.1. The first kappa shape index (κ1) is 30.8. The second kappa shape index (κ2) is 17.3. The quantitative estimate of drug-likeness (QED) is 0.146. The topological polar surface area (TPSA) is 151 Å². The summed E-state index contributed by atoms with van der Waals surface area (Å²) in [4.78, 5) is 49.2. The molecule has 2 amide bonds. The number of aliphatic hydroxyl groups excluding tert-OH is 2. The van der Waals surface area contributed by atoms with Crippen molar-refractivity contribution < 1.29 is 38.9 Å². The van der Waals surface area contributed by atoms with Gasteiger partial charge in [-0.2, -0.15) is 0 Å². The first-order valence-electron chi connectivity index (χ1n) is 12.9.